The summed E-state index contributed by atoms with van der Waals surface area (Å²) in [6.45, 7) is 0. The first kappa shape index (κ1) is 11.8. The van der Waals surface area contributed by atoms with Crippen molar-refractivity contribution in [2.75, 3.05) is 0 Å². The Kier molecular flexibility index (Phi) is 2.52. The fraction of sp³-hybridized carbons (Fsp3) is 0.0588. The maximum absolute atomic E-state index is 12.7. The predicted molar refractivity (Wildman–Crippen MR) is 82.9 cm³/mol. The smallest absolute Gasteiger partial charge is 0.183 e. The van der Waals surface area contributed by atoms with Crippen molar-refractivity contribution in [2.24, 2.45) is 5.92 Å². The SMILES string of the molecule is O=C1c2cc3ccccc3cc2[SH+]([O-])=C2C=CC=CC12. The van der Waals surface area contributed by atoms with E-state index in [0.29, 0.717) is 10.5 Å². The van der Waals surface area contributed by atoms with E-state index in [1.54, 1.807) is 0 Å². The Morgan fingerprint density at radius 2 is 1.80 bits per heavy atom. The van der Waals surface area contributed by atoms with E-state index in [9.17, 15) is 9.35 Å². The van der Waals surface area contributed by atoms with Crippen molar-refractivity contribution in [2.45, 2.75) is 4.90 Å². The Morgan fingerprint density at radius 1 is 1.05 bits per heavy atom. The van der Waals surface area contributed by atoms with Crippen LogP contribution in [0.1, 0.15) is 10.4 Å². The summed E-state index contributed by atoms with van der Waals surface area (Å²) in [4.78, 5) is 14.0. The lowest BCUT2D eigenvalue weighted by atomic mass is 9.90. The van der Waals surface area contributed by atoms with Crippen molar-refractivity contribution in [1.29, 1.82) is 0 Å². The van der Waals surface area contributed by atoms with Gasteiger partial charge in [0.2, 0.25) is 0 Å². The summed E-state index contributed by atoms with van der Waals surface area (Å²) in [5.41, 5.74) is 0.610. The second-order valence-corrected chi connectivity index (χ2v) is 6.61. The van der Waals surface area contributed by atoms with Crippen molar-refractivity contribution >= 4 is 32.2 Å². The number of rotatable bonds is 0. The molecular formula is C17H12O2S. The minimum absolute atomic E-state index is 0.0518. The molecule has 2 unspecified atom stereocenters. The quantitative estimate of drug-likeness (QED) is 0.423. The van der Waals surface area contributed by atoms with Gasteiger partial charge in [-0.05, 0) is 29.0 Å². The molecule has 4 rings (SSSR count). The summed E-state index contributed by atoms with van der Waals surface area (Å²) in [6, 6.07) is 11.6. The Bertz CT molecular complexity index is 843. The van der Waals surface area contributed by atoms with Gasteiger partial charge in [0.05, 0.1) is 5.56 Å². The van der Waals surface area contributed by atoms with Crippen LogP contribution >= 0.6 is 0 Å². The van der Waals surface area contributed by atoms with E-state index in [1.807, 2.05) is 60.7 Å². The molecule has 0 bridgehead atoms. The van der Waals surface area contributed by atoms with Crippen LogP contribution in [0.15, 0.2) is 65.6 Å². The first-order valence-electron chi connectivity index (χ1n) is 6.52. The molecule has 0 aromatic heterocycles. The first-order valence-corrected chi connectivity index (χ1v) is 7.77. The van der Waals surface area contributed by atoms with E-state index in [1.165, 1.54) is 0 Å². The highest BCUT2D eigenvalue weighted by Gasteiger charge is 2.34. The molecule has 2 aliphatic rings. The van der Waals surface area contributed by atoms with Crippen LogP contribution in [0.25, 0.3) is 10.8 Å². The zero-order chi connectivity index (χ0) is 13.7. The van der Waals surface area contributed by atoms with Gasteiger partial charge in [0.15, 0.2) is 5.78 Å². The number of ketones is 1. The monoisotopic (exact) mass is 280 g/mol. The maximum Gasteiger partial charge on any atom is 0.183 e. The number of allylic oxidation sites excluding steroid dienone is 4. The molecule has 98 valence electrons. The van der Waals surface area contributed by atoms with Gasteiger partial charge in [-0.2, -0.15) is 0 Å². The van der Waals surface area contributed by atoms with Gasteiger partial charge in [0.25, 0.3) is 0 Å². The number of fused-ring (bicyclic) bond motifs is 3. The third-order valence-electron chi connectivity index (χ3n) is 3.87. The zero-order valence-corrected chi connectivity index (χ0v) is 11.5. The van der Waals surface area contributed by atoms with Crippen LogP contribution < -0.4 is 0 Å². The van der Waals surface area contributed by atoms with Crippen LogP contribution in [-0.4, -0.2) is 15.2 Å². The van der Waals surface area contributed by atoms with E-state index < -0.39 is 10.8 Å². The first-order chi connectivity index (χ1) is 9.75. The average molecular weight is 280 g/mol. The van der Waals surface area contributed by atoms with Crippen LogP contribution in [0, 0.1) is 5.92 Å². The fourth-order valence-electron chi connectivity index (χ4n) is 2.85. The van der Waals surface area contributed by atoms with Gasteiger partial charge in [0.1, 0.15) is 15.7 Å². The van der Waals surface area contributed by atoms with Crippen molar-refractivity contribution in [3.8, 4) is 0 Å². The van der Waals surface area contributed by atoms with E-state index in [2.05, 4.69) is 0 Å². The minimum atomic E-state index is -1.66. The number of carbonyl (C=O) groups is 1. The third kappa shape index (κ3) is 1.57. The van der Waals surface area contributed by atoms with Crippen molar-refractivity contribution in [3.63, 3.8) is 0 Å². The molecule has 2 aromatic rings. The third-order valence-corrected chi connectivity index (χ3v) is 5.57. The molecule has 1 aliphatic heterocycles. The summed E-state index contributed by atoms with van der Waals surface area (Å²) in [7, 11) is -1.66. The van der Waals surface area contributed by atoms with Gasteiger partial charge < -0.3 is 4.55 Å². The number of thiol groups is 1. The van der Waals surface area contributed by atoms with Crippen LogP contribution in [0.3, 0.4) is 0 Å². The lowest BCUT2D eigenvalue weighted by molar-refractivity contribution is 0.0969. The normalized spacial score (nSPS) is 23.9. The van der Waals surface area contributed by atoms with Crippen LogP contribution in [0.2, 0.25) is 0 Å². The summed E-state index contributed by atoms with van der Waals surface area (Å²) in [6.07, 6.45) is 7.35. The number of hydrogen-bond donors (Lipinski definition) is 0. The molecule has 0 radical (unpaired) electrons. The Hall–Kier alpha value is -1.97. The molecule has 0 fully saturated rings. The van der Waals surface area contributed by atoms with Crippen LogP contribution in [-0.2, 0) is 10.8 Å². The highest BCUT2D eigenvalue weighted by atomic mass is 32.2. The molecule has 2 nitrogen and oxygen atoms in total. The van der Waals surface area contributed by atoms with Gasteiger partial charge in [-0.15, -0.1) is 10.8 Å². The van der Waals surface area contributed by atoms with Gasteiger partial charge >= 0.3 is 0 Å². The maximum atomic E-state index is 12.7. The van der Waals surface area contributed by atoms with Gasteiger partial charge in [-0.1, -0.05) is 42.5 Å². The molecule has 0 amide bonds. The summed E-state index contributed by atoms with van der Waals surface area (Å²) in [5, 5.41) is 2.04. The molecule has 1 aliphatic carbocycles. The molecule has 2 aromatic carbocycles. The lowest BCUT2D eigenvalue weighted by Crippen LogP contribution is -2.31. The van der Waals surface area contributed by atoms with Crippen LogP contribution in [0.5, 0.6) is 0 Å². The molecule has 3 heteroatoms. The highest BCUT2D eigenvalue weighted by molar-refractivity contribution is 7.91. The fourth-order valence-corrected chi connectivity index (χ4v) is 4.45. The van der Waals surface area contributed by atoms with Crippen molar-refractivity contribution < 1.29 is 9.35 Å². The standard InChI is InChI=1S/C17H12O2S/c18-17-13-7-3-4-8-15(13)20(19)16-10-12-6-2-1-5-11(12)9-14(16)17/h1-10,13,20H. The van der Waals surface area contributed by atoms with Crippen LogP contribution in [0.4, 0.5) is 0 Å². The molecule has 2 atom stereocenters. The summed E-state index contributed by atoms with van der Waals surface area (Å²) < 4.78 is 12.7. The minimum Gasteiger partial charge on any atom is -0.646 e. The molecule has 0 N–H and O–H groups in total. The van der Waals surface area contributed by atoms with Gasteiger partial charge in [0, 0.05) is 0 Å². The van der Waals surface area contributed by atoms with Crippen molar-refractivity contribution in [3.05, 3.63) is 66.3 Å². The lowest BCUT2D eigenvalue weighted by Gasteiger charge is -2.25. The van der Waals surface area contributed by atoms with Crippen molar-refractivity contribution in [1.82, 2.24) is 0 Å². The molecule has 20 heavy (non-hydrogen) atoms. The topological polar surface area (TPSA) is 40.1 Å². The number of hydrogen-bond acceptors (Lipinski definition) is 2. The summed E-state index contributed by atoms with van der Waals surface area (Å²) >= 11 is 0. The second-order valence-electron chi connectivity index (χ2n) is 5.02. The number of Topliss-reactive ketones (excluding diaryl/α,β-unsaturated/α-hetero) is 1. The molecule has 0 spiro atoms. The summed E-state index contributed by atoms with van der Waals surface area (Å²) in [5.74, 6) is -0.298. The Labute approximate surface area is 119 Å². The highest BCUT2D eigenvalue weighted by Crippen LogP contribution is 2.31. The number of carbonyl (C=O) groups excluding carboxylic acids is 1. The van der Waals surface area contributed by atoms with E-state index in [0.717, 1.165) is 15.6 Å². The Balaban J connectivity index is 2.07. The van der Waals surface area contributed by atoms with Gasteiger partial charge in [-0.25, -0.2) is 0 Å². The van der Waals surface area contributed by atoms with E-state index in [4.69, 9.17) is 0 Å². The predicted octanol–water partition coefficient (Wildman–Crippen LogP) is 2.79. The zero-order valence-electron chi connectivity index (χ0n) is 10.6. The van der Waals surface area contributed by atoms with Gasteiger partial charge in [-0.3, -0.25) is 4.79 Å². The average Bonchev–Trinajstić information content (AvgIpc) is 2.51. The largest absolute Gasteiger partial charge is 0.646 e. The molecule has 0 saturated heterocycles. The molecule has 1 heterocycles. The molecule has 0 saturated carbocycles. The Morgan fingerprint density at radius 3 is 2.60 bits per heavy atom. The molecular weight excluding hydrogens is 268 g/mol. The second kappa shape index (κ2) is 4.27. The number of benzene rings is 2. The van der Waals surface area contributed by atoms with E-state index >= 15 is 0 Å². The van der Waals surface area contributed by atoms with E-state index in [-0.39, 0.29) is 11.7 Å².